The van der Waals surface area contributed by atoms with Crippen molar-refractivity contribution in [2.45, 2.75) is 30.6 Å². The van der Waals surface area contributed by atoms with Gasteiger partial charge in [-0.15, -0.1) is 0 Å². The summed E-state index contributed by atoms with van der Waals surface area (Å²) in [6.45, 7) is 0.232. The van der Waals surface area contributed by atoms with Crippen LogP contribution in [0.2, 0.25) is 5.02 Å². The van der Waals surface area contributed by atoms with Gasteiger partial charge in [0, 0.05) is 11.3 Å². The molecule has 1 aromatic carbocycles. The Morgan fingerprint density at radius 2 is 1.85 bits per heavy atom. The molecule has 3 aromatic rings. The van der Waals surface area contributed by atoms with E-state index < -0.39 is 54.3 Å². The molecule has 0 aliphatic carbocycles. The number of rotatable bonds is 4. The molecule has 41 heavy (non-hydrogen) atoms. The quantitative estimate of drug-likeness (QED) is 0.255. The molecule has 0 saturated carbocycles. The molecule has 0 bridgehead atoms. The Kier molecular flexibility index (Phi) is 7.45. The van der Waals surface area contributed by atoms with Gasteiger partial charge in [-0.2, -0.15) is 18.2 Å². The first-order valence-corrected chi connectivity index (χ1v) is 12.0. The predicted molar refractivity (Wildman–Crippen MR) is 129 cm³/mol. The number of anilines is 1. The topological polar surface area (TPSA) is 176 Å². The fraction of sp³-hybridized carbons (Fsp3) is 0.348. The monoisotopic (exact) mass is 603 g/mol. The molecule has 0 unspecified atom stereocenters. The van der Waals surface area contributed by atoms with Crippen molar-refractivity contribution in [2.24, 2.45) is 0 Å². The Hall–Kier alpha value is -4.06. The number of carbonyl (C=O) groups excluding carboxylic acids is 2. The Balaban J connectivity index is 0.000000431. The average Bonchev–Trinajstić information content (AvgIpc) is 3.64. The van der Waals surface area contributed by atoms with Crippen molar-refractivity contribution in [3.63, 3.8) is 0 Å². The van der Waals surface area contributed by atoms with Crippen molar-refractivity contribution in [2.75, 3.05) is 24.7 Å². The number of alkyl halides is 3. The van der Waals surface area contributed by atoms with Gasteiger partial charge in [0.1, 0.15) is 30.7 Å². The lowest BCUT2D eigenvalue weighted by Crippen LogP contribution is -2.34. The number of imide groups is 1. The summed E-state index contributed by atoms with van der Waals surface area (Å²) >= 11 is 6.38. The van der Waals surface area contributed by atoms with E-state index in [4.69, 9.17) is 35.7 Å². The molecule has 3 saturated heterocycles. The fourth-order valence-corrected chi connectivity index (χ4v) is 4.60. The number of aromatic nitrogens is 3. The number of pyridine rings is 1. The van der Waals surface area contributed by atoms with Crippen LogP contribution in [0.15, 0.2) is 24.3 Å². The zero-order valence-electron chi connectivity index (χ0n) is 20.3. The van der Waals surface area contributed by atoms with E-state index in [9.17, 15) is 32.3 Å². The lowest BCUT2D eigenvalue weighted by atomic mass is 10.1. The van der Waals surface area contributed by atoms with Crippen molar-refractivity contribution in [1.29, 1.82) is 0 Å². The molecule has 3 aliphatic rings. The van der Waals surface area contributed by atoms with Crippen LogP contribution < -0.4 is 15.0 Å². The number of amides is 3. The molecule has 13 nitrogen and oxygen atoms in total. The van der Waals surface area contributed by atoms with Crippen LogP contribution >= 0.6 is 11.6 Å². The van der Waals surface area contributed by atoms with E-state index in [0.717, 1.165) is 11.0 Å². The van der Waals surface area contributed by atoms with Crippen LogP contribution in [0.4, 0.5) is 28.0 Å². The van der Waals surface area contributed by atoms with E-state index in [2.05, 4.69) is 20.3 Å². The second kappa shape index (κ2) is 10.7. The number of fused-ring (bicyclic) bond motifs is 2. The third kappa shape index (κ3) is 5.74. The van der Waals surface area contributed by atoms with Gasteiger partial charge < -0.3 is 29.4 Å². The average molecular weight is 604 g/mol. The highest BCUT2D eigenvalue weighted by Gasteiger charge is 2.48. The summed E-state index contributed by atoms with van der Waals surface area (Å²) in [5.41, 5.74) is 1.23. The van der Waals surface area contributed by atoms with E-state index in [1.54, 1.807) is 6.07 Å². The van der Waals surface area contributed by atoms with Crippen LogP contribution in [-0.2, 0) is 19.1 Å². The molecule has 3 aliphatic heterocycles. The van der Waals surface area contributed by atoms with Crippen LogP contribution in [0, 0.1) is 5.82 Å². The lowest BCUT2D eigenvalue weighted by Gasteiger charge is -2.15. The van der Waals surface area contributed by atoms with E-state index in [1.807, 2.05) is 0 Å². The normalized spacial score (nSPS) is 23.8. The number of aliphatic carboxylic acids is 1. The number of nitrogens with zero attached hydrogens (tertiary/aromatic N) is 3. The summed E-state index contributed by atoms with van der Waals surface area (Å²) in [5, 5.41) is 19.3. The third-order valence-corrected chi connectivity index (χ3v) is 6.49. The van der Waals surface area contributed by atoms with Crippen molar-refractivity contribution in [3.05, 3.63) is 35.1 Å². The second-order valence-electron chi connectivity index (χ2n) is 8.96. The molecule has 6 rings (SSSR count). The molecule has 0 radical (unpaired) electrons. The van der Waals surface area contributed by atoms with Gasteiger partial charge in [0.2, 0.25) is 5.91 Å². The molecule has 4 N–H and O–H groups in total. The molecule has 0 spiro atoms. The Bertz CT molecular complexity index is 1540. The molecular formula is C23H18ClF4N5O8. The molecule has 3 amide bonds. The number of H-pyrrole nitrogens is 1. The molecule has 218 valence electrons. The van der Waals surface area contributed by atoms with Gasteiger partial charge in [-0.1, -0.05) is 11.6 Å². The molecule has 4 atom stereocenters. The first-order valence-electron chi connectivity index (χ1n) is 11.7. The highest BCUT2D eigenvalue weighted by Crippen LogP contribution is 2.34. The number of carbonyl (C=O) groups is 3. The van der Waals surface area contributed by atoms with Crippen molar-refractivity contribution < 1.29 is 56.4 Å². The van der Waals surface area contributed by atoms with Crippen LogP contribution in [0.3, 0.4) is 0 Å². The molecular weight excluding hydrogens is 586 g/mol. The number of urea groups is 1. The minimum Gasteiger partial charge on any atom is -0.475 e. The molecule has 2 aromatic heterocycles. The smallest absolute Gasteiger partial charge is 0.475 e. The van der Waals surface area contributed by atoms with E-state index in [0.29, 0.717) is 5.52 Å². The summed E-state index contributed by atoms with van der Waals surface area (Å²) in [6.07, 6.45) is -7.09. The number of halogens is 5. The number of imidazole rings is 1. The Morgan fingerprint density at radius 3 is 2.49 bits per heavy atom. The van der Waals surface area contributed by atoms with Gasteiger partial charge in [0.15, 0.2) is 11.8 Å². The van der Waals surface area contributed by atoms with Gasteiger partial charge in [-0.25, -0.2) is 19.0 Å². The largest absolute Gasteiger partial charge is 0.490 e. The summed E-state index contributed by atoms with van der Waals surface area (Å²) in [4.78, 5) is 45.0. The molecule has 18 heteroatoms. The van der Waals surface area contributed by atoms with Crippen LogP contribution in [-0.4, -0.2) is 93.4 Å². The van der Waals surface area contributed by atoms with Crippen LogP contribution in [0.5, 0.6) is 6.01 Å². The minimum absolute atomic E-state index is 0.104. The number of nitrogens with one attached hydrogen (secondary N) is 2. The molecule has 3 fully saturated rings. The summed E-state index contributed by atoms with van der Waals surface area (Å²) in [5.74, 6) is -3.89. The zero-order chi connectivity index (χ0) is 29.6. The number of aromatic amines is 1. The van der Waals surface area contributed by atoms with E-state index in [-0.39, 0.29) is 53.4 Å². The number of ether oxygens (including phenoxy) is 3. The summed E-state index contributed by atoms with van der Waals surface area (Å²) < 4.78 is 63.7. The first kappa shape index (κ1) is 28.5. The van der Waals surface area contributed by atoms with Gasteiger partial charge >= 0.3 is 18.2 Å². The SMILES string of the molecule is O=C(O)C(F)(F)F.O=C1CN(c2ccc(-c3nc4nc(O[C@@H]5CO[C@H]6[C@@H]5OC[C@H]6O)[nH]c4cc3Cl)c(F)c2)C(=O)N1. The van der Waals surface area contributed by atoms with Crippen molar-refractivity contribution in [1.82, 2.24) is 20.3 Å². The third-order valence-electron chi connectivity index (χ3n) is 6.20. The summed E-state index contributed by atoms with van der Waals surface area (Å²) in [6, 6.07) is 5.18. The number of carboxylic acids is 1. The number of benzene rings is 1. The van der Waals surface area contributed by atoms with E-state index >= 15 is 0 Å². The van der Waals surface area contributed by atoms with Gasteiger partial charge in [0.05, 0.1) is 29.4 Å². The van der Waals surface area contributed by atoms with Gasteiger partial charge in [-0.3, -0.25) is 15.0 Å². The number of hydrogen-bond acceptors (Lipinski definition) is 9. The first-order chi connectivity index (χ1) is 19.3. The fourth-order valence-electron chi connectivity index (χ4n) is 4.34. The van der Waals surface area contributed by atoms with Crippen molar-refractivity contribution in [3.8, 4) is 17.3 Å². The number of carboxylic acid groups (broad SMARTS) is 1. The van der Waals surface area contributed by atoms with Crippen molar-refractivity contribution >= 4 is 46.4 Å². The highest BCUT2D eigenvalue weighted by molar-refractivity contribution is 6.33. The predicted octanol–water partition coefficient (Wildman–Crippen LogP) is 2.01. The minimum atomic E-state index is -5.08. The maximum Gasteiger partial charge on any atom is 0.490 e. The van der Waals surface area contributed by atoms with E-state index in [1.165, 1.54) is 12.1 Å². The summed E-state index contributed by atoms with van der Waals surface area (Å²) in [7, 11) is 0. The van der Waals surface area contributed by atoms with Crippen LogP contribution in [0.25, 0.3) is 22.4 Å². The standard InChI is InChI=1S/C21H17ClFN5O6.C2HF3O2/c22-10-4-12-19(27-20(24-12)34-14-7-33-17-13(29)6-32-18(14)17)26-16(10)9-2-1-8(3-11(9)23)28-5-15(30)25-21(28)31;3-2(4,5)1(6)7/h1-4,13-14,17-18,29H,5-7H2,(H,24,26,27)(H,25,30,31);(H,6,7)/t13-,14-,17-,18-;/m1./s1. The number of aliphatic hydroxyl groups is 1. The Morgan fingerprint density at radius 1 is 1.15 bits per heavy atom. The van der Waals surface area contributed by atoms with Crippen LogP contribution in [0.1, 0.15) is 0 Å². The maximum absolute atomic E-state index is 15.0. The number of hydrogen-bond donors (Lipinski definition) is 4. The van der Waals surface area contributed by atoms with Gasteiger partial charge in [-0.05, 0) is 24.3 Å². The maximum atomic E-state index is 15.0. The second-order valence-corrected chi connectivity index (χ2v) is 9.37. The molecule has 5 heterocycles. The Labute approximate surface area is 231 Å². The van der Waals surface area contributed by atoms with Gasteiger partial charge in [0.25, 0.3) is 6.01 Å². The zero-order valence-corrected chi connectivity index (χ0v) is 21.1. The highest BCUT2D eigenvalue weighted by atomic mass is 35.5. The number of aliphatic hydroxyl groups excluding tert-OH is 1. The lowest BCUT2D eigenvalue weighted by molar-refractivity contribution is -0.192.